The van der Waals surface area contributed by atoms with Crippen molar-refractivity contribution in [3.63, 3.8) is 0 Å². The Hall–Kier alpha value is -1.45. The quantitative estimate of drug-likeness (QED) is 0.701. The molecule has 0 radical (unpaired) electrons. The Morgan fingerprint density at radius 1 is 1.54 bits per heavy atom. The molecular weight excluding hydrogens is 171 g/mol. The van der Waals surface area contributed by atoms with E-state index >= 15 is 0 Å². The maximum absolute atomic E-state index is 12.4. The number of carbonyl (C=O) groups excluding carboxylic acids is 1. The summed E-state index contributed by atoms with van der Waals surface area (Å²) in [6.45, 7) is 3.71. The van der Waals surface area contributed by atoms with Gasteiger partial charge in [-0.1, -0.05) is 0 Å². The summed E-state index contributed by atoms with van der Waals surface area (Å²) < 4.78 is 12.4. The molecule has 0 aliphatic carbocycles. The van der Waals surface area contributed by atoms with Crippen molar-refractivity contribution in [2.45, 2.75) is 19.9 Å². The molecule has 0 spiro atoms. The van der Waals surface area contributed by atoms with Gasteiger partial charge < -0.3 is 5.32 Å². The lowest BCUT2D eigenvalue weighted by atomic mass is 10.2. The fraction of sp³-hybridized carbons (Fsp3) is 0.333. The number of hydrogen-bond acceptors (Lipinski definition) is 2. The first kappa shape index (κ1) is 9.64. The zero-order chi connectivity index (χ0) is 9.84. The highest BCUT2D eigenvalue weighted by molar-refractivity contribution is 5.93. The number of rotatable bonds is 2. The van der Waals surface area contributed by atoms with Gasteiger partial charge in [0, 0.05) is 12.2 Å². The topological polar surface area (TPSA) is 42.0 Å². The fourth-order valence-electron chi connectivity index (χ4n) is 0.856. The van der Waals surface area contributed by atoms with Gasteiger partial charge >= 0.3 is 0 Å². The lowest BCUT2D eigenvalue weighted by Gasteiger charge is -2.07. The summed E-state index contributed by atoms with van der Waals surface area (Å²) in [7, 11) is 0. The Morgan fingerprint density at radius 3 is 2.69 bits per heavy atom. The average molecular weight is 182 g/mol. The van der Waals surface area contributed by atoms with E-state index < -0.39 is 5.95 Å². The summed E-state index contributed by atoms with van der Waals surface area (Å²) in [6.07, 6.45) is 1.22. The molecule has 70 valence electrons. The van der Waals surface area contributed by atoms with Crippen LogP contribution < -0.4 is 5.32 Å². The van der Waals surface area contributed by atoms with Crippen molar-refractivity contribution in [2.75, 3.05) is 0 Å². The first-order chi connectivity index (χ1) is 6.09. The van der Waals surface area contributed by atoms with Crippen LogP contribution in [0.25, 0.3) is 0 Å². The molecule has 0 bridgehead atoms. The fourth-order valence-corrected chi connectivity index (χ4v) is 0.856. The van der Waals surface area contributed by atoms with Crippen LogP contribution in [0.5, 0.6) is 0 Å². The van der Waals surface area contributed by atoms with Crippen molar-refractivity contribution in [3.8, 4) is 0 Å². The first-order valence-electron chi connectivity index (χ1n) is 4.02. The van der Waals surface area contributed by atoms with Crippen molar-refractivity contribution in [1.82, 2.24) is 10.3 Å². The van der Waals surface area contributed by atoms with E-state index in [9.17, 15) is 9.18 Å². The lowest BCUT2D eigenvalue weighted by Crippen LogP contribution is -2.30. The van der Waals surface area contributed by atoms with Crippen LogP contribution in [0.3, 0.4) is 0 Å². The number of pyridine rings is 1. The van der Waals surface area contributed by atoms with Gasteiger partial charge in [0.15, 0.2) is 0 Å². The minimum Gasteiger partial charge on any atom is -0.350 e. The van der Waals surface area contributed by atoms with Gasteiger partial charge in [0.1, 0.15) is 0 Å². The van der Waals surface area contributed by atoms with E-state index in [1.54, 1.807) is 0 Å². The van der Waals surface area contributed by atoms with Crippen molar-refractivity contribution < 1.29 is 9.18 Å². The molecule has 0 aliphatic heterocycles. The predicted molar refractivity (Wildman–Crippen MR) is 46.8 cm³/mol. The van der Waals surface area contributed by atoms with E-state index in [-0.39, 0.29) is 11.9 Å². The predicted octanol–water partition coefficient (Wildman–Crippen LogP) is 1.36. The molecule has 13 heavy (non-hydrogen) atoms. The third kappa shape index (κ3) is 2.82. The lowest BCUT2D eigenvalue weighted by molar-refractivity contribution is 0.0942. The molecule has 0 saturated heterocycles. The molecule has 0 fully saturated rings. The second kappa shape index (κ2) is 3.98. The molecule has 3 nitrogen and oxygen atoms in total. The molecule has 0 saturated carbocycles. The second-order valence-corrected chi connectivity index (χ2v) is 3.00. The Bertz CT molecular complexity index is 295. The van der Waals surface area contributed by atoms with E-state index in [1.807, 2.05) is 13.8 Å². The molecular formula is C9H11FN2O. The maximum Gasteiger partial charge on any atom is 0.253 e. The van der Waals surface area contributed by atoms with Crippen LogP contribution in [-0.2, 0) is 0 Å². The zero-order valence-electron chi connectivity index (χ0n) is 7.54. The normalized spacial score (nSPS) is 10.2. The van der Waals surface area contributed by atoms with Crippen LogP contribution in [0.1, 0.15) is 24.2 Å². The molecule has 1 N–H and O–H groups in total. The van der Waals surface area contributed by atoms with Crippen LogP contribution in [-0.4, -0.2) is 16.9 Å². The monoisotopic (exact) mass is 182 g/mol. The van der Waals surface area contributed by atoms with Crippen molar-refractivity contribution in [3.05, 3.63) is 29.8 Å². The van der Waals surface area contributed by atoms with E-state index in [1.165, 1.54) is 12.3 Å². The van der Waals surface area contributed by atoms with Gasteiger partial charge in [0.2, 0.25) is 5.95 Å². The SMILES string of the molecule is CC(C)NC(=O)c1ccc(F)nc1. The third-order valence-corrected chi connectivity index (χ3v) is 1.41. The third-order valence-electron chi connectivity index (χ3n) is 1.41. The van der Waals surface area contributed by atoms with Crippen LogP contribution >= 0.6 is 0 Å². The van der Waals surface area contributed by atoms with Gasteiger partial charge in [-0.2, -0.15) is 4.39 Å². The van der Waals surface area contributed by atoms with E-state index in [0.717, 1.165) is 6.07 Å². The molecule has 0 aliphatic rings. The Morgan fingerprint density at radius 2 is 2.23 bits per heavy atom. The summed E-state index contributed by atoms with van der Waals surface area (Å²) in [5, 5.41) is 2.68. The molecule has 0 atom stereocenters. The molecule has 0 unspecified atom stereocenters. The summed E-state index contributed by atoms with van der Waals surface area (Å²) in [5.74, 6) is -0.816. The number of nitrogens with one attached hydrogen (secondary N) is 1. The van der Waals surface area contributed by atoms with E-state index in [2.05, 4.69) is 10.3 Å². The maximum atomic E-state index is 12.4. The highest BCUT2D eigenvalue weighted by Crippen LogP contribution is 1.99. The van der Waals surface area contributed by atoms with Gasteiger partial charge in [-0.3, -0.25) is 4.79 Å². The van der Waals surface area contributed by atoms with Crippen molar-refractivity contribution in [2.24, 2.45) is 0 Å². The van der Waals surface area contributed by atoms with Crippen molar-refractivity contribution in [1.29, 1.82) is 0 Å². The molecule has 1 heterocycles. The summed E-state index contributed by atoms with van der Waals surface area (Å²) in [6, 6.07) is 2.63. The van der Waals surface area contributed by atoms with Crippen LogP contribution in [0, 0.1) is 5.95 Å². The van der Waals surface area contributed by atoms with Gasteiger partial charge in [-0.15, -0.1) is 0 Å². The zero-order valence-corrected chi connectivity index (χ0v) is 7.54. The highest BCUT2D eigenvalue weighted by Gasteiger charge is 2.06. The van der Waals surface area contributed by atoms with Gasteiger partial charge in [0.05, 0.1) is 5.56 Å². The highest BCUT2D eigenvalue weighted by atomic mass is 19.1. The minimum absolute atomic E-state index is 0.0672. The van der Waals surface area contributed by atoms with Gasteiger partial charge in [-0.25, -0.2) is 4.98 Å². The van der Waals surface area contributed by atoms with Gasteiger partial charge in [-0.05, 0) is 26.0 Å². The minimum atomic E-state index is -0.582. The number of nitrogens with zero attached hydrogens (tertiary/aromatic N) is 1. The van der Waals surface area contributed by atoms with E-state index in [4.69, 9.17) is 0 Å². The van der Waals surface area contributed by atoms with Crippen LogP contribution in [0.15, 0.2) is 18.3 Å². The number of hydrogen-bond donors (Lipinski definition) is 1. The standard InChI is InChI=1S/C9H11FN2O/c1-6(2)12-9(13)7-3-4-8(10)11-5-7/h3-6H,1-2H3,(H,12,13). The van der Waals surface area contributed by atoms with Gasteiger partial charge in [0.25, 0.3) is 5.91 Å². The Labute approximate surface area is 76.0 Å². The molecule has 1 aromatic rings. The molecule has 0 aromatic carbocycles. The first-order valence-corrected chi connectivity index (χ1v) is 4.02. The van der Waals surface area contributed by atoms with Crippen molar-refractivity contribution >= 4 is 5.91 Å². The summed E-state index contributed by atoms with van der Waals surface area (Å²) >= 11 is 0. The second-order valence-electron chi connectivity index (χ2n) is 3.00. The van der Waals surface area contributed by atoms with Crippen LogP contribution in [0.2, 0.25) is 0 Å². The largest absolute Gasteiger partial charge is 0.350 e. The Balaban J connectivity index is 2.72. The van der Waals surface area contributed by atoms with E-state index in [0.29, 0.717) is 5.56 Å². The molecule has 4 heteroatoms. The number of carbonyl (C=O) groups is 1. The number of aromatic nitrogens is 1. The average Bonchev–Trinajstić information content (AvgIpc) is 2.04. The van der Waals surface area contributed by atoms with Crippen LogP contribution in [0.4, 0.5) is 4.39 Å². The molecule has 1 amide bonds. The summed E-state index contributed by atoms with van der Waals surface area (Å²) in [5.41, 5.74) is 0.370. The number of amides is 1. The summed E-state index contributed by atoms with van der Waals surface area (Å²) in [4.78, 5) is 14.7. The molecule has 1 aromatic heterocycles. The number of halogens is 1. The molecule has 1 rings (SSSR count). The smallest absolute Gasteiger partial charge is 0.253 e. The Kier molecular flexibility index (Phi) is 2.95.